The molecule has 6 nitrogen and oxygen atoms in total. The molecule has 0 fully saturated rings. The number of rotatable bonds is 2. The molecule has 17 heavy (non-hydrogen) atoms. The quantitative estimate of drug-likeness (QED) is 0.683. The first-order chi connectivity index (χ1) is 8.24. The molecule has 1 aromatic carbocycles. The fourth-order valence-corrected chi connectivity index (χ4v) is 1.27. The van der Waals surface area contributed by atoms with Crippen molar-refractivity contribution in [3.63, 3.8) is 0 Å². The fourth-order valence-electron chi connectivity index (χ4n) is 1.27. The molecule has 0 bridgehead atoms. The van der Waals surface area contributed by atoms with E-state index in [-0.39, 0.29) is 6.03 Å². The molecule has 0 saturated heterocycles. The van der Waals surface area contributed by atoms with Gasteiger partial charge in [0.1, 0.15) is 6.33 Å². The van der Waals surface area contributed by atoms with Crippen molar-refractivity contribution in [2.75, 3.05) is 16.4 Å². The number of urea groups is 1. The maximum atomic E-state index is 11.6. The van der Waals surface area contributed by atoms with Gasteiger partial charge in [0, 0.05) is 11.4 Å². The van der Waals surface area contributed by atoms with E-state index >= 15 is 0 Å². The zero-order valence-electron chi connectivity index (χ0n) is 8.92. The predicted molar refractivity (Wildman–Crippen MR) is 65.5 cm³/mol. The average molecular weight is 229 g/mol. The molecule has 0 radical (unpaired) electrons. The van der Waals surface area contributed by atoms with Gasteiger partial charge in [-0.25, -0.2) is 14.8 Å². The van der Waals surface area contributed by atoms with Crippen LogP contribution in [0.5, 0.6) is 0 Å². The van der Waals surface area contributed by atoms with Crippen LogP contribution < -0.4 is 16.4 Å². The molecule has 2 rings (SSSR count). The van der Waals surface area contributed by atoms with E-state index in [9.17, 15) is 4.79 Å². The van der Waals surface area contributed by atoms with Crippen LogP contribution in [0.3, 0.4) is 0 Å². The summed E-state index contributed by atoms with van der Waals surface area (Å²) < 4.78 is 0. The summed E-state index contributed by atoms with van der Waals surface area (Å²) in [5, 5.41) is 5.24. The lowest BCUT2D eigenvalue weighted by molar-refractivity contribution is 0.262. The number of hydrogen-bond acceptors (Lipinski definition) is 4. The minimum Gasteiger partial charge on any atom is -0.399 e. The first-order valence-corrected chi connectivity index (χ1v) is 4.92. The van der Waals surface area contributed by atoms with Gasteiger partial charge in [-0.05, 0) is 18.2 Å². The Morgan fingerprint density at radius 3 is 2.53 bits per heavy atom. The number of nitrogens with one attached hydrogen (secondary N) is 2. The topological polar surface area (TPSA) is 92.9 Å². The normalized spacial score (nSPS) is 9.65. The summed E-state index contributed by atoms with van der Waals surface area (Å²) in [6.45, 7) is 0. The summed E-state index contributed by atoms with van der Waals surface area (Å²) in [6, 6.07) is 6.55. The molecule has 2 aromatic rings. The number of nitrogen functional groups attached to an aromatic ring is 1. The first kappa shape index (κ1) is 10.9. The molecule has 1 aromatic heterocycles. The Morgan fingerprint density at radius 1 is 1.12 bits per heavy atom. The molecule has 1 heterocycles. The molecule has 0 spiro atoms. The minimum atomic E-state index is -0.370. The van der Waals surface area contributed by atoms with E-state index in [0.717, 1.165) is 0 Å². The molecule has 2 amide bonds. The van der Waals surface area contributed by atoms with Crippen molar-refractivity contribution in [1.29, 1.82) is 0 Å². The van der Waals surface area contributed by atoms with Crippen LogP contribution in [-0.2, 0) is 0 Å². The second kappa shape index (κ2) is 4.93. The summed E-state index contributed by atoms with van der Waals surface area (Å²) in [6.07, 6.45) is 4.40. The molecule has 6 heteroatoms. The molecule has 0 atom stereocenters. The second-order valence-corrected chi connectivity index (χ2v) is 3.33. The highest BCUT2D eigenvalue weighted by molar-refractivity contribution is 5.99. The lowest BCUT2D eigenvalue weighted by Gasteiger charge is -2.07. The number of nitrogens with two attached hydrogens (primary N) is 1. The number of carbonyl (C=O) groups excluding carboxylic acids is 1. The van der Waals surface area contributed by atoms with Crippen molar-refractivity contribution >= 4 is 23.1 Å². The van der Waals surface area contributed by atoms with Gasteiger partial charge >= 0.3 is 6.03 Å². The number of amides is 2. The Labute approximate surface area is 97.9 Å². The summed E-state index contributed by atoms with van der Waals surface area (Å²) in [7, 11) is 0. The zero-order valence-corrected chi connectivity index (χ0v) is 8.92. The van der Waals surface area contributed by atoms with Gasteiger partial charge in [-0.15, -0.1) is 0 Å². The highest BCUT2D eigenvalue weighted by Gasteiger charge is 2.02. The molecular weight excluding hydrogens is 218 g/mol. The van der Waals surface area contributed by atoms with Crippen molar-refractivity contribution in [3.8, 4) is 0 Å². The fraction of sp³-hybridized carbons (Fsp3) is 0. The number of benzene rings is 1. The third kappa shape index (κ3) is 3.16. The van der Waals surface area contributed by atoms with Gasteiger partial charge in [0.15, 0.2) is 0 Å². The molecule has 0 aliphatic carbocycles. The van der Waals surface area contributed by atoms with E-state index in [1.165, 1.54) is 18.7 Å². The van der Waals surface area contributed by atoms with Crippen molar-refractivity contribution in [2.45, 2.75) is 0 Å². The van der Waals surface area contributed by atoms with Gasteiger partial charge in [-0.3, -0.25) is 0 Å². The lowest BCUT2D eigenvalue weighted by Crippen LogP contribution is -2.19. The molecule has 4 N–H and O–H groups in total. The number of anilines is 3. The SMILES string of the molecule is Nc1cccc(NC(=O)Nc2cncnc2)c1. The van der Waals surface area contributed by atoms with Crippen LogP contribution in [0.15, 0.2) is 43.0 Å². The Kier molecular flexibility index (Phi) is 3.15. The van der Waals surface area contributed by atoms with Crippen molar-refractivity contribution < 1.29 is 4.79 Å². The van der Waals surface area contributed by atoms with Crippen LogP contribution >= 0.6 is 0 Å². The number of nitrogens with zero attached hydrogens (tertiary/aromatic N) is 2. The maximum Gasteiger partial charge on any atom is 0.323 e. The van der Waals surface area contributed by atoms with E-state index in [1.54, 1.807) is 24.3 Å². The van der Waals surface area contributed by atoms with Crippen LogP contribution in [0.2, 0.25) is 0 Å². The largest absolute Gasteiger partial charge is 0.399 e. The van der Waals surface area contributed by atoms with E-state index in [1.807, 2.05) is 0 Å². The Balaban J connectivity index is 1.98. The van der Waals surface area contributed by atoms with E-state index < -0.39 is 0 Å². The summed E-state index contributed by atoms with van der Waals surface area (Å²) >= 11 is 0. The predicted octanol–water partition coefficient (Wildman–Crippen LogP) is 1.70. The van der Waals surface area contributed by atoms with Gasteiger partial charge < -0.3 is 16.4 Å². The lowest BCUT2D eigenvalue weighted by atomic mass is 10.3. The Morgan fingerprint density at radius 2 is 1.82 bits per heavy atom. The van der Waals surface area contributed by atoms with Gasteiger partial charge in [0.2, 0.25) is 0 Å². The molecule has 0 unspecified atom stereocenters. The second-order valence-electron chi connectivity index (χ2n) is 3.33. The monoisotopic (exact) mass is 229 g/mol. The molecule has 0 saturated carbocycles. The third-order valence-electron chi connectivity index (χ3n) is 1.96. The standard InChI is InChI=1S/C11H11N5O/c12-8-2-1-3-9(4-8)15-11(17)16-10-5-13-7-14-6-10/h1-7H,12H2,(H2,15,16,17). The van der Waals surface area contributed by atoms with Gasteiger partial charge in [-0.2, -0.15) is 0 Å². The van der Waals surface area contributed by atoms with Crippen molar-refractivity contribution in [1.82, 2.24) is 9.97 Å². The number of hydrogen-bond donors (Lipinski definition) is 3. The smallest absolute Gasteiger partial charge is 0.323 e. The van der Waals surface area contributed by atoms with Crippen molar-refractivity contribution in [3.05, 3.63) is 43.0 Å². The highest BCUT2D eigenvalue weighted by atomic mass is 16.2. The van der Waals surface area contributed by atoms with Crippen LogP contribution in [0.25, 0.3) is 0 Å². The highest BCUT2D eigenvalue weighted by Crippen LogP contribution is 2.12. The van der Waals surface area contributed by atoms with Gasteiger partial charge in [-0.1, -0.05) is 6.07 Å². The Bertz CT molecular complexity index is 514. The summed E-state index contributed by atoms with van der Waals surface area (Å²) in [5.74, 6) is 0. The van der Waals surface area contributed by atoms with E-state index in [4.69, 9.17) is 5.73 Å². The van der Waals surface area contributed by atoms with Gasteiger partial charge in [0.05, 0.1) is 18.1 Å². The first-order valence-electron chi connectivity index (χ1n) is 4.92. The van der Waals surface area contributed by atoms with Crippen LogP contribution in [0.1, 0.15) is 0 Å². The van der Waals surface area contributed by atoms with E-state index in [0.29, 0.717) is 17.1 Å². The minimum absolute atomic E-state index is 0.370. The summed E-state index contributed by atoms with van der Waals surface area (Å²) in [4.78, 5) is 19.1. The Hall–Kier alpha value is -2.63. The molecule has 86 valence electrons. The zero-order chi connectivity index (χ0) is 12.1. The van der Waals surface area contributed by atoms with Crippen LogP contribution in [-0.4, -0.2) is 16.0 Å². The van der Waals surface area contributed by atoms with Crippen molar-refractivity contribution in [2.24, 2.45) is 0 Å². The molecule has 0 aliphatic rings. The van der Waals surface area contributed by atoms with Crippen LogP contribution in [0, 0.1) is 0 Å². The van der Waals surface area contributed by atoms with Crippen LogP contribution in [0.4, 0.5) is 21.9 Å². The third-order valence-corrected chi connectivity index (χ3v) is 1.96. The molecular formula is C11H11N5O. The maximum absolute atomic E-state index is 11.6. The van der Waals surface area contributed by atoms with Gasteiger partial charge in [0.25, 0.3) is 0 Å². The number of aromatic nitrogens is 2. The van der Waals surface area contributed by atoms with E-state index in [2.05, 4.69) is 20.6 Å². The molecule has 0 aliphatic heterocycles. The number of carbonyl (C=O) groups is 1. The summed E-state index contributed by atoms with van der Waals surface area (Å²) in [5.41, 5.74) is 7.33. The average Bonchev–Trinajstić information content (AvgIpc) is 2.30.